The molecule has 2 atom stereocenters. The van der Waals surface area contributed by atoms with Crippen molar-refractivity contribution < 1.29 is 23.4 Å². The largest absolute Gasteiger partial charge is 0.417 e. The van der Waals surface area contributed by atoms with Gasteiger partial charge in [-0.15, -0.1) is 0 Å². The molecule has 5 nitrogen and oxygen atoms in total. The average molecular weight is 333 g/mol. The quantitative estimate of drug-likeness (QED) is 0.262. The number of epoxide rings is 2. The van der Waals surface area contributed by atoms with Gasteiger partial charge in [0.25, 0.3) is 0 Å². The van der Waals surface area contributed by atoms with Crippen LogP contribution < -0.4 is 0 Å². The predicted molar refractivity (Wildman–Crippen MR) is 87.8 cm³/mol. The Hall–Kier alpha value is 0.0169. The van der Waals surface area contributed by atoms with Crippen molar-refractivity contribution >= 4 is 8.32 Å². The maximum Gasteiger partial charge on any atom is 0.192 e. The minimum atomic E-state index is -1.62. The summed E-state index contributed by atoms with van der Waals surface area (Å²) in [5.41, 5.74) is 0. The highest BCUT2D eigenvalue weighted by Crippen LogP contribution is 2.26. The summed E-state index contributed by atoms with van der Waals surface area (Å²) in [6.07, 6.45) is 2.94. The van der Waals surface area contributed by atoms with E-state index in [1.807, 2.05) is 0 Å². The standard InChI is InChI=1S/C16H32O5Si/c1-3-21-22(4-2,9-5-7-17-11-15-13-19-15)10-6-8-18-12-16-14-20-16/h15-16H,3-14H2,1-2H3. The molecule has 0 amide bonds. The molecule has 0 aromatic rings. The Morgan fingerprint density at radius 1 is 0.909 bits per heavy atom. The van der Waals surface area contributed by atoms with Gasteiger partial charge in [-0.2, -0.15) is 0 Å². The Kier molecular flexibility index (Phi) is 8.35. The van der Waals surface area contributed by atoms with Crippen molar-refractivity contribution in [2.24, 2.45) is 0 Å². The lowest BCUT2D eigenvalue weighted by Gasteiger charge is -2.30. The van der Waals surface area contributed by atoms with E-state index in [0.717, 1.165) is 59.1 Å². The average Bonchev–Trinajstić information content (AvgIpc) is 3.40. The summed E-state index contributed by atoms with van der Waals surface area (Å²) in [5, 5.41) is 0. The van der Waals surface area contributed by atoms with Crippen LogP contribution in [-0.2, 0) is 23.4 Å². The molecule has 0 N–H and O–H groups in total. The van der Waals surface area contributed by atoms with Crippen molar-refractivity contribution in [3.63, 3.8) is 0 Å². The third-order valence-corrected chi connectivity index (χ3v) is 9.07. The van der Waals surface area contributed by atoms with Gasteiger partial charge in [0, 0.05) is 19.8 Å². The second-order valence-corrected chi connectivity index (χ2v) is 10.6. The maximum absolute atomic E-state index is 6.24. The van der Waals surface area contributed by atoms with Gasteiger partial charge < -0.3 is 23.4 Å². The zero-order valence-corrected chi connectivity index (χ0v) is 15.2. The van der Waals surface area contributed by atoms with Crippen LogP contribution in [0.1, 0.15) is 26.7 Å². The zero-order valence-electron chi connectivity index (χ0n) is 14.2. The van der Waals surface area contributed by atoms with Crippen molar-refractivity contribution in [1.29, 1.82) is 0 Å². The Labute approximate surface area is 135 Å². The van der Waals surface area contributed by atoms with Crippen LogP contribution in [-0.4, -0.2) is 66.8 Å². The van der Waals surface area contributed by atoms with E-state index in [1.54, 1.807) is 0 Å². The van der Waals surface area contributed by atoms with Crippen LogP contribution in [0, 0.1) is 0 Å². The second kappa shape index (κ2) is 10.0. The summed E-state index contributed by atoms with van der Waals surface area (Å²) in [4.78, 5) is 0. The molecule has 2 aliphatic heterocycles. The van der Waals surface area contributed by atoms with Crippen LogP contribution >= 0.6 is 0 Å². The molecule has 0 aromatic carbocycles. The molecule has 2 fully saturated rings. The lowest BCUT2D eigenvalue weighted by molar-refractivity contribution is 0.114. The Morgan fingerprint density at radius 3 is 1.77 bits per heavy atom. The summed E-state index contributed by atoms with van der Waals surface area (Å²) < 4.78 is 27.8. The molecule has 0 spiro atoms. The predicted octanol–water partition coefficient (Wildman–Crippen LogP) is 2.60. The van der Waals surface area contributed by atoms with E-state index in [1.165, 1.54) is 18.1 Å². The summed E-state index contributed by atoms with van der Waals surface area (Å²) in [5.74, 6) is 0. The fraction of sp³-hybridized carbons (Fsp3) is 1.00. The molecule has 2 heterocycles. The maximum atomic E-state index is 6.24. The van der Waals surface area contributed by atoms with Gasteiger partial charge >= 0.3 is 0 Å². The molecule has 6 heteroatoms. The molecule has 0 aromatic heterocycles. The topological polar surface area (TPSA) is 52.8 Å². The first kappa shape index (κ1) is 18.4. The van der Waals surface area contributed by atoms with E-state index < -0.39 is 8.32 Å². The van der Waals surface area contributed by atoms with E-state index in [2.05, 4.69) is 13.8 Å². The molecular weight excluding hydrogens is 300 g/mol. The third-order valence-electron chi connectivity index (χ3n) is 4.35. The first-order valence-electron chi connectivity index (χ1n) is 8.80. The Bertz CT molecular complexity index is 272. The van der Waals surface area contributed by atoms with Crippen LogP contribution in [0.3, 0.4) is 0 Å². The van der Waals surface area contributed by atoms with Gasteiger partial charge in [0.05, 0.1) is 26.4 Å². The molecule has 0 aliphatic carbocycles. The van der Waals surface area contributed by atoms with Crippen molar-refractivity contribution in [2.75, 3.05) is 46.2 Å². The molecule has 2 unspecified atom stereocenters. The fourth-order valence-corrected chi connectivity index (χ4v) is 6.42. The molecule has 2 aliphatic rings. The minimum Gasteiger partial charge on any atom is -0.417 e. The van der Waals surface area contributed by atoms with Crippen molar-refractivity contribution in [3.05, 3.63) is 0 Å². The highest BCUT2D eigenvalue weighted by molar-refractivity contribution is 6.73. The highest BCUT2D eigenvalue weighted by Gasteiger charge is 2.32. The second-order valence-electron chi connectivity index (χ2n) is 6.24. The molecule has 22 heavy (non-hydrogen) atoms. The monoisotopic (exact) mass is 332 g/mol. The zero-order chi connectivity index (χ0) is 15.7. The van der Waals surface area contributed by atoms with E-state index >= 15 is 0 Å². The normalized spacial score (nSPS) is 25.9. The minimum absolute atomic E-state index is 0.368. The van der Waals surface area contributed by atoms with Gasteiger partial charge in [-0.3, -0.25) is 0 Å². The van der Waals surface area contributed by atoms with Gasteiger partial charge in [0.15, 0.2) is 8.32 Å². The third kappa shape index (κ3) is 7.52. The molecule has 130 valence electrons. The van der Waals surface area contributed by atoms with E-state index in [-0.39, 0.29) is 0 Å². The van der Waals surface area contributed by atoms with Gasteiger partial charge in [0.1, 0.15) is 12.2 Å². The fourth-order valence-electron chi connectivity index (χ4n) is 2.78. The lowest BCUT2D eigenvalue weighted by atomic mass is 10.5. The van der Waals surface area contributed by atoms with Gasteiger partial charge in [-0.1, -0.05) is 6.92 Å². The summed E-state index contributed by atoms with van der Waals surface area (Å²) in [6.45, 7) is 10.1. The molecule has 0 radical (unpaired) electrons. The molecule has 2 saturated heterocycles. The molecule has 0 saturated carbocycles. The lowest BCUT2D eigenvalue weighted by Crippen LogP contribution is -2.38. The van der Waals surface area contributed by atoms with E-state index in [4.69, 9.17) is 23.4 Å². The number of hydrogen-bond acceptors (Lipinski definition) is 5. The number of hydrogen-bond donors (Lipinski definition) is 0. The molecular formula is C16H32O5Si. The van der Waals surface area contributed by atoms with Crippen LogP contribution in [0.25, 0.3) is 0 Å². The smallest absolute Gasteiger partial charge is 0.192 e. The van der Waals surface area contributed by atoms with Crippen LogP contribution in [0.4, 0.5) is 0 Å². The molecule has 2 rings (SSSR count). The van der Waals surface area contributed by atoms with Gasteiger partial charge in [-0.05, 0) is 37.9 Å². The summed E-state index contributed by atoms with van der Waals surface area (Å²) in [6, 6.07) is 3.56. The van der Waals surface area contributed by atoms with Crippen molar-refractivity contribution in [2.45, 2.75) is 57.0 Å². The Morgan fingerprint density at radius 2 is 1.41 bits per heavy atom. The van der Waals surface area contributed by atoms with Crippen molar-refractivity contribution in [3.8, 4) is 0 Å². The van der Waals surface area contributed by atoms with Crippen LogP contribution in [0.2, 0.25) is 18.1 Å². The van der Waals surface area contributed by atoms with Crippen LogP contribution in [0.15, 0.2) is 0 Å². The number of rotatable bonds is 15. The first-order valence-corrected chi connectivity index (χ1v) is 11.3. The molecule has 0 bridgehead atoms. The van der Waals surface area contributed by atoms with Crippen LogP contribution in [0.5, 0.6) is 0 Å². The SMILES string of the molecule is CCO[Si](CC)(CCCOCC1CO1)CCCOCC1CO1. The summed E-state index contributed by atoms with van der Waals surface area (Å²) >= 11 is 0. The van der Waals surface area contributed by atoms with E-state index in [9.17, 15) is 0 Å². The summed E-state index contributed by atoms with van der Waals surface area (Å²) in [7, 11) is -1.62. The Balaban J connectivity index is 1.57. The van der Waals surface area contributed by atoms with Gasteiger partial charge in [0.2, 0.25) is 0 Å². The van der Waals surface area contributed by atoms with E-state index in [0.29, 0.717) is 12.2 Å². The highest BCUT2D eigenvalue weighted by atomic mass is 28.4. The number of ether oxygens (including phenoxy) is 4. The van der Waals surface area contributed by atoms with Crippen molar-refractivity contribution in [1.82, 2.24) is 0 Å². The first-order chi connectivity index (χ1) is 10.8. The van der Waals surface area contributed by atoms with Gasteiger partial charge in [-0.25, -0.2) is 0 Å².